The van der Waals surface area contributed by atoms with Gasteiger partial charge in [-0.1, -0.05) is 18.2 Å². The molecule has 1 fully saturated rings. The summed E-state index contributed by atoms with van der Waals surface area (Å²) >= 11 is 0. The number of amides is 1. The monoisotopic (exact) mass is 381 g/mol. The fourth-order valence-electron chi connectivity index (χ4n) is 3.59. The Bertz CT molecular complexity index is 835. The number of para-hydroxylation sites is 1. The third-order valence-electron chi connectivity index (χ3n) is 5.10. The molecule has 1 aromatic carbocycles. The number of hydrogen-bond acceptors (Lipinski definition) is 6. The highest BCUT2D eigenvalue weighted by atomic mass is 16.5. The number of pyridine rings is 1. The van der Waals surface area contributed by atoms with E-state index in [-0.39, 0.29) is 11.9 Å². The minimum atomic E-state index is -0.425. The van der Waals surface area contributed by atoms with Gasteiger partial charge in [-0.2, -0.15) is 0 Å². The number of aromatic nitrogens is 1. The maximum absolute atomic E-state index is 12.8. The number of hydrogen-bond donors (Lipinski definition) is 0. The van der Waals surface area contributed by atoms with Crippen LogP contribution in [0.25, 0.3) is 0 Å². The first kappa shape index (κ1) is 18.3. The van der Waals surface area contributed by atoms with Crippen LogP contribution < -0.4 is 9.64 Å². The molecule has 0 unspecified atom stereocenters. The molecule has 0 saturated carbocycles. The van der Waals surface area contributed by atoms with E-state index in [9.17, 15) is 9.59 Å². The molecule has 2 aliphatic rings. The van der Waals surface area contributed by atoms with Crippen LogP contribution in [0, 0.1) is 0 Å². The van der Waals surface area contributed by atoms with Crippen molar-refractivity contribution in [2.24, 2.45) is 0 Å². The molecule has 0 bridgehead atoms. The van der Waals surface area contributed by atoms with Crippen LogP contribution in [0.3, 0.4) is 0 Å². The summed E-state index contributed by atoms with van der Waals surface area (Å²) in [6.07, 6.45) is 1.74. The molecule has 0 aliphatic carbocycles. The Balaban J connectivity index is 1.32. The van der Waals surface area contributed by atoms with Gasteiger partial charge in [0.1, 0.15) is 11.6 Å². The van der Waals surface area contributed by atoms with E-state index in [0.717, 1.165) is 17.1 Å². The predicted octanol–water partition coefficient (Wildman–Crippen LogP) is 1.91. The van der Waals surface area contributed by atoms with Crippen LogP contribution in [0.2, 0.25) is 0 Å². The smallest absolute Gasteiger partial charge is 0.339 e. The van der Waals surface area contributed by atoms with Gasteiger partial charge in [0.2, 0.25) is 0 Å². The van der Waals surface area contributed by atoms with Gasteiger partial charge in [-0.25, -0.2) is 9.78 Å². The molecular formula is C21H23N3O4. The lowest BCUT2D eigenvalue weighted by molar-refractivity contribution is -0.138. The molecule has 7 nitrogen and oxygen atoms in total. The Morgan fingerprint density at radius 1 is 1.14 bits per heavy atom. The summed E-state index contributed by atoms with van der Waals surface area (Å²) in [5.41, 5.74) is 1.53. The molecule has 28 heavy (non-hydrogen) atoms. The molecule has 2 aromatic rings. The van der Waals surface area contributed by atoms with E-state index in [0.29, 0.717) is 44.8 Å². The van der Waals surface area contributed by atoms with Crippen molar-refractivity contribution >= 4 is 17.7 Å². The zero-order valence-corrected chi connectivity index (χ0v) is 15.8. The Hall–Kier alpha value is -3.09. The Morgan fingerprint density at radius 3 is 2.61 bits per heavy atom. The summed E-state index contributed by atoms with van der Waals surface area (Å²) in [5, 5.41) is 0. The molecular weight excluding hydrogens is 358 g/mol. The van der Waals surface area contributed by atoms with Crippen molar-refractivity contribution in [2.75, 3.05) is 37.7 Å². The Kier molecular flexibility index (Phi) is 5.14. The van der Waals surface area contributed by atoms with E-state index >= 15 is 0 Å². The molecule has 1 aromatic heterocycles. The highest BCUT2D eigenvalue weighted by molar-refractivity contribution is 5.89. The lowest BCUT2D eigenvalue weighted by Gasteiger charge is -2.36. The summed E-state index contributed by atoms with van der Waals surface area (Å²) < 4.78 is 10.8. The SMILES string of the molecule is CCOC(=O)c1ccc(N2CCN(C(=O)[C@H]3Cc4ccccc4O3)CC2)nc1. The van der Waals surface area contributed by atoms with Gasteiger partial charge in [0, 0.05) is 38.8 Å². The van der Waals surface area contributed by atoms with Crippen LogP contribution in [-0.4, -0.2) is 60.7 Å². The molecule has 0 spiro atoms. The quantitative estimate of drug-likeness (QED) is 0.754. The van der Waals surface area contributed by atoms with Crippen LogP contribution >= 0.6 is 0 Å². The fraction of sp³-hybridized carbons (Fsp3) is 0.381. The van der Waals surface area contributed by atoms with Crippen molar-refractivity contribution in [3.8, 4) is 5.75 Å². The molecule has 4 rings (SSSR count). The van der Waals surface area contributed by atoms with E-state index in [4.69, 9.17) is 9.47 Å². The minimum Gasteiger partial charge on any atom is -0.480 e. The highest BCUT2D eigenvalue weighted by Crippen LogP contribution is 2.29. The third kappa shape index (κ3) is 3.65. The maximum atomic E-state index is 12.8. The first-order chi connectivity index (χ1) is 13.7. The van der Waals surface area contributed by atoms with Gasteiger partial charge in [-0.15, -0.1) is 0 Å². The fourth-order valence-corrected chi connectivity index (χ4v) is 3.59. The highest BCUT2D eigenvalue weighted by Gasteiger charge is 2.33. The van der Waals surface area contributed by atoms with Crippen molar-refractivity contribution in [3.05, 3.63) is 53.7 Å². The van der Waals surface area contributed by atoms with Crippen LogP contribution in [0.4, 0.5) is 5.82 Å². The number of rotatable bonds is 4. The first-order valence-electron chi connectivity index (χ1n) is 9.57. The molecule has 1 amide bonds. The van der Waals surface area contributed by atoms with E-state index in [1.165, 1.54) is 6.20 Å². The van der Waals surface area contributed by atoms with Gasteiger partial charge in [0.15, 0.2) is 6.10 Å². The second-order valence-corrected chi connectivity index (χ2v) is 6.86. The summed E-state index contributed by atoms with van der Waals surface area (Å²) in [5.74, 6) is 1.28. The Labute approximate surface area is 163 Å². The van der Waals surface area contributed by atoms with E-state index in [1.54, 1.807) is 13.0 Å². The molecule has 146 valence electrons. The average molecular weight is 381 g/mol. The summed E-state index contributed by atoms with van der Waals surface area (Å²) in [4.78, 5) is 32.9. The molecule has 0 radical (unpaired) electrons. The van der Waals surface area contributed by atoms with Gasteiger partial charge in [-0.05, 0) is 30.7 Å². The number of benzene rings is 1. The van der Waals surface area contributed by atoms with Crippen molar-refractivity contribution in [2.45, 2.75) is 19.4 Å². The van der Waals surface area contributed by atoms with Crippen molar-refractivity contribution < 1.29 is 19.1 Å². The van der Waals surface area contributed by atoms with E-state index in [2.05, 4.69) is 9.88 Å². The molecule has 1 atom stereocenters. The number of anilines is 1. The van der Waals surface area contributed by atoms with Crippen LogP contribution in [-0.2, 0) is 16.0 Å². The van der Waals surface area contributed by atoms with Crippen LogP contribution in [0.15, 0.2) is 42.6 Å². The molecule has 7 heteroatoms. The van der Waals surface area contributed by atoms with Gasteiger partial charge in [-0.3, -0.25) is 4.79 Å². The first-order valence-corrected chi connectivity index (χ1v) is 9.57. The summed E-state index contributed by atoms with van der Waals surface area (Å²) in [6.45, 7) is 4.74. The number of carbonyl (C=O) groups is 2. The second kappa shape index (κ2) is 7.88. The number of carbonyl (C=O) groups excluding carboxylic acids is 2. The number of nitrogens with zero attached hydrogens (tertiary/aromatic N) is 3. The number of piperazine rings is 1. The van der Waals surface area contributed by atoms with Gasteiger partial charge in [0.25, 0.3) is 5.91 Å². The number of fused-ring (bicyclic) bond motifs is 1. The zero-order chi connectivity index (χ0) is 19.5. The summed E-state index contributed by atoms with van der Waals surface area (Å²) in [6, 6.07) is 11.3. The van der Waals surface area contributed by atoms with Crippen molar-refractivity contribution in [1.82, 2.24) is 9.88 Å². The molecule has 3 heterocycles. The topological polar surface area (TPSA) is 72.0 Å². The Morgan fingerprint density at radius 2 is 1.93 bits per heavy atom. The van der Waals surface area contributed by atoms with Crippen molar-refractivity contribution in [3.63, 3.8) is 0 Å². The van der Waals surface area contributed by atoms with Crippen molar-refractivity contribution in [1.29, 1.82) is 0 Å². The second-order valence-electron chi connectivity index (χ2n) is 6.86. The van der Waals surface area contributed by atoms with Gasteiger partial charge in [0.05, 0.1) is 12.2 Å². The lowest BCUT2D eigenvalue weighted by atomic mass is 10.1. The van der Waals surface area contributed by atoms with Crippen LogP contribution in [0.5, 0.6) is 5.75 Å². The van der Waals surface area contributed by atoms with Gasteiger partial charge < -0.3 is 19.3 Å². The molecule has 0 N–H and O–H groups in total. The lowest BCUT2D eigenvalue weighted by Crippen LogP contribution is -2.52. The zero-order valence-electron chi connectivity index (χ0n) is 15.8. The molecule has 1 saturated heterocycles. The maximum Gasteiger partial charge on any atom is 0.339 e. The van der Waals surface area contributed by atoms with E-state index < -0.39 is 6.10 Å². The number of esters is 1. The summed E-state index contributed by atoms with van der Waals surface area (Å²) in [7, 11) is 0. The predicted molar refractivity (Wildman–Crippen MR) is 104 cm³/mol. The van der Waals surface area contributed by atoms with Crippen LogP contribution in [0.1, 0.15) is 22.8 Å². The largest absolute Gasteiger partial charge is 0.480 e. The van der Waals surface area contributed by atoms with E-state index in [1.807, 2.05) is 35.2 Å². The molecule has 2 aliphatic heterocycles. The van der Waals surface area contributed by atoms with Gasteiger partial charge >= 0.3 is 5.97 Å². The standard InChI is InChI=1S/C21H23N3O4/c1-2-27-21(26)16-7-8-19(22-14-16)23-9-11-24(12-10-23)20(25)18-13-15-5-3-4-6-17(15)28-18/h3-8,14,18H,2,9-13H2,1H3/t18-/m1/s1. The average Bonchev–Trinajstić information content (AvgIpc) is 3.18. The normalized spacial score (nSPS) is 18.4. The third-order valence-corrected chi connectivity index (χ3v) is 5.10. The number of ether oxygens (including phenoxy) is 2. The minimum absolute atomic E-state index is 0.0430.